The van der Waals surface area contributed by atoms with Gasteiger partial charge in [0.15, 0.2) is 0 Å². The average molecular weight is 244 g/mol. The molecule has 0 spiro atoms. The predicted octanol–water partition coefficient (Wildman–Crippen LogP) is 3.42. The van der Waals surface area contributed by atoms with Gasteiger partial charge < -0.3 is 9.47 Å². The van der Waals surface area contributed by atoms with Gasteiger partial charge in [0.1, 0.15) is 0 Å². The zero-order valence-corrected chi connectivity index (χ0v) is 11.8. The molecule has 0 N–H and O–H groups in total. The van der Waals surface area contributed by atoms with Crippen molar-refractivity contribution in [3.8, 4) is 0 Å². The number of unbranched alkanes of at least 4 members (excludes halogenated alkanes) is 1. The Bertz CT molecular complexity index is 190. The lowest BCUT2D eigenvalue weighted by molar-refractivity contribution is -0.150. The molecule has 3 nitrogen and oxygen atoms in total. The molecule has 1 unspecified atom stereocenters. The molecule has 1 atom stereocenters. The first-order chi connectivity index (χ1) is 8.11. The molecule has 3 heteroatoms. The van der Waals surface area contributed by atoms with Gasteiger partial charge in [-0.05, 0) is 18.8 Å². The quantitative estimate of drug-likeness (QED) is 0.436. The molecule has 102 valence electrons. The smallest absolute Gasteiger partial charge is 0.311 e. The van der Waals surface area contributed by atoms with Crippen molar-refractivity contribution in [2.75, 3.05) is 20.3 Å². The van der Waals surface area contributed by atoms with Gasteiger partial charge in [-0.2, -0.15) is 0 Å². The maximum Gasteiger partial charge on any atom is 0.311 e. The second kappa shape index (κ2) is 10.6. The van der Waals surface area contributed by atoms with Crippen molar-refractivity contribution in [2.24, 2.45) is 11.8 Å². The van der Waals surface area contributed by atoms with Gasteiger partial charge >= 0.3 is 5.97 Å². The van der Waals surface area contributed by atoms with Crippen molar-refractivity contribution in [3.05, 3.63) is 0 Å². The van der Waals surface area contributed by atoms with Crippen molar-refractivity contribution in [1.29, 1.82) is 0 Å². The van der Waals surface area contributed by atoms with E-state index in [1.54, 1.807) is 7.11 Å². The standard InChI is InChI=1S/C14H28O3/c1-5-6-10-17-14(15)13(11-16-4)9-7-8-12(2)3/h12-13H,5-11H2,1-4H3. The minimum Gasteiger partial charge on any atom is -0.465 e. The van der Waals surface area contributed by atoms with E-state index in [9.17, 15) is 4.79 Å². The minimum atomic E-state index is -0.0935. The number of rotatable bonds is 10. The molecule has 0 aliphatic carbocycles. The van der Waals surface area contributed by atoms with Gasteiger partial charge in [0.2, 0.25) is 0 Å². The van der Waals surface area contributed by atoms with Gasteiger partial charge in [0.25, 0.3) is 0 Å². The summed E-state index contributed by atoms with van der Waals surface area (Å²) < 4.78 is 10.3. The molecule has 0 rings (SSSR count). The first-order valence-electron chi connectivity index (χ1n) is 6.77. The van der Waals surface area contributed by atoms with Crippen molar-refractivity contribution >= 4 is 5.97 Å². The number of ether oxygens (including phenoxy) is 2. The van der Waals surface area contributed by atoms with Gasteiger partial charge in [0, 0.05) is 7.11 Å². The fraction of sp³-hybridized carbons (Fsp3) is 0.929. The third-order valence-electron chi connectivity index (χ3n) is 2.78. The second-order valence-electron chi connectivity index (χ2n) is 5.00. The van der Waals surface area contributed by atoms with Crippen LogP contribution in [0, 0.1) is 11.8 Å². The molecule has 0 heterocycles. The van der Waals surface area contributed by atoms with E-state index in [1.165, 1.54) is 0 Å². The first kappa shape index (κ1) is 16.4. The highest BCUT2D eigenvalue weighted by Crippen LogP contribution is 2.14. The van der Waals surface area contributed by atoms with Crippen LogP contribution in [-0.4, -0.2) is 26.3 Å². The van der Waals surface area contributed by atoms with Gasteiger partial charge in [0.05, 0.1) is 19.1 Å². The molecular weight excluding hydrogens is 216 g/mol. The van der Waals surface area contributed by atoms with Crippen LogP contribution in [0.2, 0.25) is 0 Å². The second-order valence-corrected chi connectivity index (χ2v) is 5.00. The van der Waals surface area contributed by atoms with Crippen LogP contribution in [0.4, 0.5) is 0 Å². The van der Waals surface area contributed by atoms with Crippen molar-refractivity contribution in [1.82, 2.24) is 0 Å². The van der Waals surface area contributed by atoms with Crippen LogP contribution >= 0.6 is 0 Å². The Labute approximate surface area is 106 Å². The van der Waals surface area contributed by atoms with Crippen LogP contribution in [0.3, 0.4) is 0 Å². The molecule has 0 aromatic carbocycles. The number of carbonyl (C=O) groups excluding carboxylic acids is 1. The van der Waals surface area contributed by atoms with Crippen molar-refractivity contribution in [2.45, 2.75) is 52.9 Å². The molecule has 0 aliphatic rings. The lowest BCUT2D eigenvalue weighted by Gasteiger charge is -2.15. The third-order valence-corrected chi connectivity index (χ3v) is 2.78. The Balaban J connectivity index is 3.89. The summed E-state index contributed by atoms with van der Waals surface area (Å²) in [6, 6.07) is 0. The zero-order valence-electron chi connectivity index (χ0n) is 11.8. The maximum absolute atomic E-state index is 11.8. The summed E-state index contributed by atoms with van der Waals surface area (Å²) in [5.74, 6) is 0.508. The van der Waals surface area contributed by atoms with Crippen LogP contribution in [0.15, 0.2) is 0 Å². The highest BCUT2D eigenvalue weighted by Gasteiger charge is 2.19. The summed E-state index contributed by atoms with van der Waals surface area (Å²) in [7, 11) is 1.63. The van der Waals surface area contributed by atoms with Crippen molar-refractivity contribution in [3.63, 3.8) is 0 Å². The fourth-order valence-electron chi connectivity index (χ4n) is 1.68. The summed E-state index contributed by atoms with van der Waals surface area (Å²) in [4.78, 5) is 11.8. The molecule has 0 saturated heterocycles. The molecule has 0 aromatic heterocycles. The Hall–Kier alpha value is -0.570. The van der Waals surface area contributed by atoms with Gasteiger partial charge in [-0.25, -0.2) is 0 Å². The molecular formula is C14H28O3. The van der Waals surface area contributed by atoms with Crippen molar-refractivity contribution < 1.29 is 14.3 Å². The van der Waals surface area contributed by atoms with Gasteiger partial charge in [-0.3, -0.25) is 4.79 Å². The predicted molar refractivity (Wildman–Crippen MR) is 69.9 cm³/mol. The van der Waals surface area contributed by atoms with Gasteiger partial charge in [-0.15, -0.1) is 0 Å². The molecule has 0 fully saturated rings. The summed E-state index contributed by atoms with van der Waals surface area (Å²) in [5, 5.41) is 0. The van der Waals surface area contributed by atoms with E-state index in [4.69, 9.17) is 9.47 Å². The summed E-state index contributed by atoms with van der Waals surface area (Å²) in [6.07, 6.45) is 5.08. The van der Waals surface area contributed by atoms with E-state index in [0.29, 0.717) is 19.1 Å². The summed E-state index contributed by atoms with van der Waals surface area (Å²) in [5.41, 5.74) is 0. The molecule has 0 bridgehead atoms. The van der Waals surface area contributed by atoms with E-state index in [1.807, 2.05) is 0 Å². The lowest BCUT2D eigenvalue weighted by Crippen LogP contribution is -2.23. The Morgan fingerprint density at radius 3 is 2.41 bits per heavy atom. The Morgan fingerprint density at radius 1 is 1.18 bits per heavy atom. The molecule has 17 heavy (non-hydrogen) atoms. The summed E-state index contributed by atoms with van der Waals surface area (Å²) >= 11 is 0. The SMILES string of the molecule is CCCCOC(=O)C(CCCC(C)C)COC. The topological polar surface area (TPSA) is 35.5 Å². The lowest BCUT2D eigenvalue weighted by atomic mass is 9.99. The van der Waals surface area contributed by atoms with E-state index >= 15 is 0 Å². The molecule has 0 amide bonds. The fourth-order valence-corrected chi connectivity index (χ4v) is 1.68. The number of carbonyl (C=O) groups is 1. The number of hydrogen-bond acceptors (Lipinski definition) is 3. The molecule has 0 aromatic rings. The zero-order chi connectivity index (χ0) is 13.1. The van der Waals surface area contributed by atoms with Crippen LogP contribution in [0.1, 0.15) is 52.9 Å². The number of hydrogen-bond donors (Lipinski definition) is 0. The average Bonchev–Trinajstić information content (AvgIpc) is 2.27. The first-order valence-corrected chi connectivity index (χ1v) is 6.77. The summed E-state index contributed by atoms with van der Waals surface area (Å²) in [6.45, 7) is 7.50. The van der Waals surface area contributed by atoms with Crippen LogP contribution in [0.5, 0.6) is 0 Å². The minimum absolute atomic E-state index is 0.0874. The van der Waals surface area contributed by atoms with Crippen LogP contribution < -0.4 is 0 Å². The van der Waals surface area contributed by atoms with Gasteiger partial charge in [-0.1, -0.05) is 40.0 Å². The highest BCUT2D eigenvalue weighted by atomic mass is 16.5. The van der Waals surface area contributed by atoms with Crippen LogP contribution in [-0.2, 0) is 14.3 Å². The number of esters is 1. The largest absolute Gasteiger partial charge is 0.465 e. The van der Waals surface area contributed by atoms with E-state index in [-0.39, 0.29) is 11.9 Å². The van der Waals surface area contributed by atoms with E-state index in [2.05, 4.69) is 20.8 Å². The Morgan fingerprint density at radius 2 is 1.88 bits per heavy atom. The molecule has 0 saturated carbocycles. The monoisotopic (exact) mass is 244 g/mol. The molecule has 0 radical (unpaired) electrons. The maximum atomic E-state index is 11.8. The Kier molecular flexibility index (Phi) is 10.2. The van der Waals surface area contributed by atoms with E-state index in [0.717, 1.165) is 32.1 Å². The third kappa shape index (κ3) is 9.16. The number of methoxy groups -OCH3 is 1. The highest BCUT2D eigenvalue weighted by molar-refractivity contribution is 5.72. The van der Waals surface area contributed by atoms with Crippen LogP contribution in [0.25, 0.3) is 0 Å². The normalized spacial score (nSPS) is 12.8. The molecule has 0 aliphatic heterocycles. The van der Waals surface area contributed by atoms with E-state index < -0.39 is 0 Å².